The Balaban J connectivity index is 3.13. The van der Waals surface area contributed by atoms with Crippen molar-refractivity contribution in [2.45, 2.75) is 26.8 Å². The van der Waals surface area contributed by atoms with Crippen LogP contribution in [0.4, 0.5) is 0 Å². The maximum atomic E-state index is 11.4. The number of aliphatic carboxylic acids is 1. The summed E-state index contributed by atoms with van der Waals surface area (Å²) >= 11 is 3.44. The Hall–Kier alpha value is -0.870. The van der Waals surface area contributed by atoms with E-state index in [1.807, 2.05) is 43.9 Å². The standard InChI is InChI=1S/C13H18BrNO2/c1-4-15(5-2)12(13(16)17)10-7-6-9(3)11(14)8-10/h6-8,12H,4-5H2,1-3H3,(H,16,17). The molecule has 3 nitrogen and oxygen atoms in total. The van der Waals surface area contributed by atoms with Crippen LogP contribution in [0.3, 0.4) is 0 Å². The Kier molecular flexibility index (Phi) is 5.15. The zero-order valence-electron chi connectivity index (χ0n) is 10.4. The van der Waals surface area contributed by atoms with Crippen LogP contribution >= 0.6 is 15.9 Å². The summed E-state index contributed by atoms with van der Waals surface area (Å²) in [6.45, 7) is 7.38. The summed E-state index contributed by atoms with van der Waals surface area (Å²) in [6.07, 6.45) is 0. The lowest BCUT2D eigenvalue weighted by Gasteiger charge is -2.26. The molecule has 0 saturated heterocycles. The lowest BCUT2D eigenvalue weighted by molar-refractivity contribution is -0.143. The summed E-state index contributed by atoms with van der Waals surface area (Å²) in [6, 6.07) is 5.16. The molecule has 0 bridgehead atoms. The molecule has 0 heterocycles. The van der Waals surface area contributed by atoms with Crippen LogP contribution in [0.25, 0.3) is 0 Å². The summed E-state index contributed by atoms with van der Waals surface area (Å²) in [5, 5.41) is 9.36. The summed E-state index contributed by atoms with van der Waals surface area (Å²) < 4.78 is 0.952. The summed E-state index contributed by atoms with van der Waals surface area (Å²) in [5.41, 5.74) is 1.93. The fourth-order valence-electron chi connectivity index (χ4n) is 1.88. The van der Waals surface area contributed by atoms with E-state index in [0.29, 0.717) is 0 Å². The van der Waals surface area contributed by atoms with Crippen molar-refractivity contribution < 1.29 is 9.90 Å². The molecule has 94 valence electrons. The Labute approximate surface area is 111 Å². The molecule has 0 aliphatic rings. The minimum atomic E-state index is -0.801. The van der Waals surface area contributed by atoms with Gasteiger partial charge < -0.3 is 5.11 Å². The predicted octanol–water partition coefficient (Wildman–Crippen LogP) is 3.23. The first-order valence-corrected chi connectivity index (χ1v) is 6.53. The van der Waals surface area contributed by atoms with Crippen LogP contribution in [-0.2, 0) is 4.79 Å². The van der Waals surface area contributed by atoms with Gasteiger partial charge in [-0.3, -0.25) is 9.69 Å². The number of benzene rings is 1. The maximum Gasteiger partial charge on any atom is 0.325 e. The number of carbonyl (C=O) groups is 1. The Bertz CT molecular complexity index is 402. The zero-order valence-corrected chi connectivity index (χ0v) is 12.0. The summed E-state index contributed by atoms with van der Waals surface area (Å²) in [5.74, 6) is -0.801. The smallest absolute Gasteiger partial charge is 0.325 e. The molecule has 1 aromatic carbocycles. The molecule has 0 amide bonds. The average Bonchev–Trinajstić information content (AvgIpc) is 2.29. The SMILES string of the molecule is CCN(CC)C(C(=O)O)c1ccc(C)c(Br)c1. The Morgan fingerprint density at radius 2 is 2.00 bits per heavy atom. The van der Waals surface area contributed by atoms with Gasteiger partial charge in [-0.05, 0) is 37.2 Å². The third-order valence-corrected chi connectivity index (χ3v) is 3.78. The first kappa shape index (κ1) is 14.2. The van der Waals surface area contributed by atoms with Crippen LogP contribution < -0.4 is 0 Å². The van der Waals surface area contributed by atoms with E-state index in [-0.39, 0.29) is 0 Å². The number of aryl methyl sites for hydroxylation is 1. The van der Waals surface area contributed by atoms with Gasteiger partial charge in [-0.2, -0.15) is 0 Å². The van der Waals surface area contributed by atoms with Gasteiger partial charge in [0.05, 0.1) is 0 Å². The van der Waals surface area contributed by atoms with E-state index in [1.54, 1.807) is 0 Å². The molecule has 0 aromatic heterocycles. The van der Waals surface area contributed by atoms with E-state index in [2.05, 4.69) is 15.9 Å². The normalized spacial score (nSPS) is 12.8. The van der Waals surface area contributed by atoms with Crippen LogP contribution in [0.15, 0.2) is 22.7 Å². The summed E-state index contributed by atoms with van der Waals surface area (Å²) in [7, 11) is 0. The van der Waals surface area contributed by atoms with Crippen molar-refractivity contribution in [3.8, 4) is 0 Å². The number of rotatable bonds is 5. The first-order chi connectivity index (χ1) is 8.01. The van der Waals surface area contributed by atoms with Crippen molar-refractivity contribution in [1.29, 1.82) is 0 Å². The van der Waals surface area contributed by atoms with Gasteiger partial charge in [-0.15, -0.1) is 0 Å². The second-order valence-electron chi connectivity index (χ2n) is 3.97. The molecule has 0 spiro atoms. The number of carboxylic acid groups (broad SMARTS) is 1. The molecule has 0 radical (unpaired) electrons. The molecule has 4 heteroatoms. The minimum absolute atomic E-state index is 0.568. The molecule has 0 aliphatic carbocycles. The number of hydrogen-bond donors (Lipinski definition) is 1. The lowest BCUT2D eigenvalue weighted by atomic mass is 10.0. The molecule has 17 heavy (non-hydrogen) atoms. The van der Waals surface area contributed by atoms with E-state index in [4.69, 9.17) is 0 Å². The van der Waals surface area contributed by atoms with Crippen LogP contribution in [0.5, 0.6) is 0 Å². The van der Waals surface area contributed by atoms with Gasteiger partial charge in [0.15, 0.2) is 0 Å². The number of nitrogens with zero attached hydrogens (tertiary/aromatic N) is 1. The fraction of sp³-hybridized carbons (Fsp3) is 0.462. The van der Waals surface area contributed by atoms with Crippen molar-refractivity contribution in [1.82, 2.24) is 4.90 Å². The van der Waals surface area contributed by atoms with Crippen molar-refractivity contribution in [2.75, 3.05) is 13.1 Å². The van der Waals surface area contributed by atoms with E-state index in [0.717, 1.165) is 28.7 Å². The highest BCUT2D eigenvalue weighted by atomic mass is 79.9. The maximum absolute atomic E-state index is 11.4. The second kappa shape index (κ2) is 6.17. The van der Waals surface area contributed by atoms with E-state index >= 15 is 0 Å². The Morgan fingerprint density at radius 1 is 1.41 bits per heavy atom. The molecule has 1 unspecified atom stereocenters. The van der Waals surface area contributed by atoms with Crippen molar-refractivity contribution in [2.24, 2.45) is 0 Å². The van der Waals surface area contributed by atoms with Crippen LogP contribution in [-0.4, -0.2) is 29.1 Å². The Morgan fingerprint density at radius 3 is 2.41 bits per heavy atom. The van der Waals surface area contributed by atoms with E-state index in [1.165, 1.54) is 0 Å². The molecule has 1 atom stereocenters. The third kappa shape index (κ3) is 3.30. The summed E-state index contributed by atoms with van der Waals surface area (Å²) in [4.78, 5) is 13.3. The van der Waals surface area contributed by atoms with Gasteiger partial charge in [0, 0.05) is 4.47 Å². The van der Waals surface area contributed by atoms with Crippen LogP contribution in [0, 0.1) is 6.92 Å². The molecule has 1 aromatic rings. The van der Waals surface area contributed by atoms with Gasteiger partial charge in [-0.25, -0.2) is 0 Å². The van der Waals surface area contributed by atoms with Gasteiger partial charge >= 0.3 is 5.97 Å². The first-order valence-electron chi connectivity index (χ1n) is 5.74. The number of carboxylic acids is 1. The van der Waals surface area contributed by atoms with E-state index < -0.39 is 12.0 Å². The molecular formula is C13H18BrNO2. The fourth-order valence-corrected chi connectivity index (χ4v) is 2.27. The van der Waals surface area contributed by atoms with Crippen molar-refractivity contribution in [3.05, 3.63) is 33.8 Å². The topological polar surface area (TPSA) is 40.5 Å². The van der Waals surface area contributed by atoms with Gasteiger partial charge in [-0.1, -0.05) is 41.9 Å². The van der Waals surface area contributed by atoms with Crippen LogP contribution in [0.1, 0.15) is 31.0 Å². The van der Waals surface area contributed by atoms with E-state index in [9.17, 15) is 9.90 Å². The zero-order chi connectivity index (χ0) is 13.0. The van der Waals surface area contributed by atoms with Gasteiger partial charge in [0.1, 0.15) is 6.04 Å². The minimum Gasteiger partial charge on any atom is -0.480 e. The number of likely N-dealkylation sites (N-methyl/N-ethyl adjacent to an activating group) is 1. The quantitative estimate of drug-likeness (QED) is 0.907. The number of hydrogen-bond acceptors (Lipinski definition) is 2. The highest BCUT2D eigenvalue weighted by molar-refractivity contribution is 9.10. The van der Waals surface area contributed by atoms with Gasteiger partial charge in [0.2, 0.25) is 0 Å². The average molecular weight is 300 g/mol. The third-order valence-electron chi connectivity index (χ3n) is 2.92. The molecule has 0 aliphatic heterocycles. The molecule has 0 fully saturated rings. The van der Waals surface area contributed by atoms with Crippen molar-refractivity contribution in [3.63, 3.8) is 0 Å². The van der Waals surface area contributed by atoms with Gasteiger partial charge in [0.25, 0.3) is 0 Å². The highest BCUT2D eigenvalue weighted by Gasteiger charge is 2.25. The molecular weight excluding hydrogens is 282 g/mol. The predicted molar refractivity (Wildman–Crippen MR) is 72.2 cm³/mol. The molecule has 1 rings (SSSR count). The molecule has 1 N–H and O–H groups in total. The monoisotopic (exact) mass is 299 g/mol. The largest absolute Gasteiger partial charge is 0.480 e. The number of halogens is 1. The molecule has 0 saturated carbocycles. The van der Waals surface area contributed by atoms with Crippen LogP contribution in [0.2, 0.25) is 0 Å². The highest BCUT2D eigenvalue weighted by Crippen LogP contribution is 2.25. The second-order valence-corrected chi connectivity index (χ2v) is 4.82. The lowest BCUT2D eigenvalue weighted by Crippen LogP contribution is -2.33. The van der Waals surface area contributed by atoms with Crippen molar-refractivity contribution >= 4 is 21.9 Å².